The number of carbonyl (C=O) groups is 1. The van der Waals surface area contributed by atoms with E-state index < -0.39 is 5.97 Å². The number of nitrogens with one attached hydrogen (secondary N) is 2. The Bertz CT molecular complexity index is 1040. The van der Waals surface area contributed by atoms with Crippen LogP contribution in [0.1, 0.15) is 23.2 Å². The number of hydrogen-bond acceptors (Lipinski definition) is 6. The summed E-state index contributed by atoms with van der Waals surface area (Å²) in [5.74, 6) is 0.372. The summed E-state index contributed by atoms with van der Waals surface area (Å²) in [6, 6.07) is 12.5. The van der Waals surface area contributed by atoms with E-state index in [1.54, 1.807) is 25.1 Å². The highest BCUT2D eigenvalue weighted by Crippen LogP contribution is 2.22. The first-order valence-corrected chi connectivity index (χ1v) is 10.1. The smallest absolute Gasteiger partial charge is 0.339 e. The number of thiocarbonyl (C=S) groups is 1. The third kappa shape index (κ3) is 5.75. The molecule has 0 saturated heterocycles. The molecule has 0 fully saturated rings. The van der Waals surface area contributed by atoms with Crippen LogP contribution in [0.3, 0.4) is 0 Å². The molecule has 0 aliphatic rings. The second kappa shape index (κ2) is 9.82. The minimum Gasteiger partial charge on any atom is -0.462 e. The predicted octanol–water partition coefficient (Wildman–Crippen LogP) is 4.82. The van der Waals surface area contributed by atoms with E-state index in [0.717, 1.165) is 10.0 Å². The van der Waals surface area contributed by atoms with E-state index in [-0.39, 0.29) is 18.7 Å². The molecule has 1 aromatic heterocycles. The van der Waals surface area contributed by atoms with Crippen LogP contribution in [0.2, 0.25) is 5.02 Å². The van der Waals surface area contributed by atoms with Crippen LogP contribution in [0.4, 0.5) is 5.69 Å². The molecule has 3 rings (SSSR count). The number of aromatic nitrogens is 2. The van der Waals surface area contributed by atoms with Gasteiger partial charge in [-0.05, 0) is 49.5 Å². The van der Waals surface area contributed by atoms with Crippen molar-refractivity contribution in [3.63, 3.8) is 0 Å². The fourth-order valence-electron chi connectivity index (χ4n) is 2.37. The lowest BCUT2D eigenvalue weighted by molar-refractivity contribution is 0.0526. The van der Waals surface area contributed by atoms with Crippen molar-refractivity contribution in [2.24, 2.45) is 0 Å². The number of nitrogens with zero attached hydrogens (tertiary/aromatic N) is 2. The SMILES string of the molecule is CCOC(=O)c1cc(NC(=S)NCc2nc(-c3cccc(Br)c3)no2)ccc1Cl. The van der Waals surface area contributed by atoms with Crippen molar-refractivity contribution in [1.29, 1.82) is 0 Å². The van der Waals surface area contributed by atoms with Crippen molar-refractivity contribution in [2.45, 2.75) is 13.5 Å². The van der Waals surface area contributed by atoms with Gasteiger partial charge < -0.3 is 19.9 Å². The maximum Gasteiger partial charge on any atom is 0.339 e. The van der Waals surface area contributed by atoms with Gasteiger partial charge in [0.05, 0.1) is 23.7 Å². The Morgan fingerprint density at radius 1 is 1.31 bits per heavy atom. The Morgan fingerprint density at radius 3 is 2.90 bits per heavy atom. The predicted molar refractivity (Wildman–Crippen MR) is 118 cm³/mol. The highest BCUT2D eigenvalue weighted by Gasteiger charge is 2.13. The van der Waals surface area contributed by atoms with Crippen molar-refractivity contribution >= 4 is 56.5 Å². The Morgan fingerprint density at radius 2 is 2.14 bits per heavy atom. The van der Waals surface area contributed by atoms with E-state index >= 15 is 0 Å². The van der Waals surface area contributed by atoms with Gasteiger partial charge in [-0.3, -0.25) is 0 Å². The normalized spacial score (nSPS) is 10.4. The van der Waals surface area contributed by atoms with E-state index in [1.807, 2.05) is 24.3 Å². The van der Waals surface area contributed by atoms with Gasteiger partial charge in [-0.15, -0.1) is 0 Å². The molecule has 2 N–H and O–H groups in total. The molecule has 0 unspecified atom stereocenters. The summed E-state index contributed by atoms with van der Waals surface area (Å²) in [7, 11) is 0. The van der Waals surface area contributed by atoms with E-state index in [0.29, 0.717) is 27.5 Å². The number of halogens is 2. The molecule has 0 bridgehead atoms. The number of carbonyl (C=O) groups excluding carboxylic acids is 1. The van der Waals surface area contributed by atoms with Gasteiger partial charge in [0, 0.05) is 15.7 Å². The number of benzene rings is 2. The van der Waals surface area contributed by atoms with Gasteiger partial charge >= 0.3 is 5.97 Å². The summed E-state index contributed by atoms with van der Waals surface area (Å²) in [5, 5.41) is 10.6. The van der Waals surface area contributed by atoms with Gasteiger partial charge in [-0.25, -0.2) is 4.79 Å². The zero-order valence-electron chi connectivity index (χ0n) is 15.2. The fraction of sp³-hybridized carbons (Fsp3) is 0.158. The first-order chi connectivity index (χ1) is 14.0. The van der Waals surface area contributed by atoms with E-state index in [9.17, 15) is 4.79 Å². The number of rotatable bonds is 6. The summed E-state index contributed by atoms with van der Waals surface area (Å²) in [6.45, 7) is 2.23. The lowest BCUT2D eigenvalue weighted by Crippen LogP contribution is -2.28. The topological polar surface area (TPSA) is 89.3 Å². The second-order valence-electron chi connectivity index (χ2n) is 5.74. The highest BCUT2D eigenvalue weighted by atomic mass is 79.9. The molecule has 0 radical (unpaired) electrons. The van der Waals surface area contributed by atoms with Crippen LogP contribution in [-0.2, 0) is 11.3 Å². The molecule has 0 spiro atoms. The maximum atomic E-state index is 11.9. The van der Waals surface area contributed by atoms with Crippen molar-refractivity contribution in [2.75, 3.05) is 11.9 Å². The molecule has 29 heavy (non-hydrogen) atoms. The molecule has 150 valence electrons. The Balaban J connectivity index is 1.59. The molecule has 3 aromatic rings. The number of hydrogen-bond donors (Lipinski definition) is 2. The maximum absolute atomic E-state index is 11.9. The van der Waals surface area contributed by atoms with Crippen LogP contribution in [0, 0.1) is 0 Å². The zero-order chi connectivity index (χ0) is 20.8. The quantitative estimate of drug-likeness (QED) is 0.372. The van der Waals surface area contributed by atoms with Crippen LogP contribution >= 0.6 is 39.7 Å². The number of esters is 1. The summed E-state index contributed by atoms with van der Waals surface area (Å²) >= 11 is 14.8. The molecule has 10 heteroatoms. The standard InChI is InChI=1S/C19H16BrClN4O3S/c1-2-27-18(26)14-9-13(6-7-15(14)21)23-19(29)22-10-16-24-17(25-28-16)11-4-3-5-12(20)8-11/h3-9H,2,10H2,1H3,(H2,22,23,29). The highest BCUT2D eigenvalue weighted by molar-refractivity contribution is 9.10. The van der Waals surface area contributed by atoms with Crippen molar-refractivity contribution in [1.82, 2.24) is 15.5 Å². The first-order valence-electron chi connectivity index (χ1n) is 8.56. The molecular formula is C19H16BrClN4O3S. The number of ether oxygens (including phenoxy) is 1. The van der Waals surface area contributed by atoms with Crippen LogP contribution in [0.15, 0.2) is 51.5 Å². The minimum absolute atomic E-state index is 0.241. The first kappa shape index (κ1) is 21.2. The lowest BCUT2D eigenvalue weighted by atomic mass is 10.2. The van der Waals surface area contributed by atoms with Crippen LogP contribution in [-0.4, -0.2) is 27.8 Å². The monoisotopic (exact) mass is 494 g/mol. The molecule has 0 amide bonds. The third-order valence-corrected chi connectivity index (χ3v) is 4.74. The van der Waals surface area contributed by atoms with E-state index in [4.69, 9.17) is 33.1 Å². The second-order valence-corrected chi connectivity index (χ2v) is 7.48. The van der Waals surface area contributed by atoms with Crippen molar-refractivity contribution in [3.8, 4) is 11.4 Å². The Kier molecular flexibility index (Phi) is 7.18. The molecule has 0 aliphatic carbocycles. The van der Waals surface area contributed by atoms with Gasteiger partial charge in [0.1, 0.15) is 0 Å². The molecular weight excluding hydrogens is 480 g/mol. The zero-order valence-corrected chi connectivity index (χ0v) is 18.4. The average molecular weight is 496 g/mol. The average Bonchev–Trinajstić information content (AvgIpc) is 3.17. The summed E-state index contributed by atoms with van der Waals surface area (Å²) in [5.41, 5.74) is 1.69. The lowest BCUT2D eigenvalue weighted by Gasteiger charge is -2.11. The fourth-order valence-corrected chi connectivity index (χ4v) is 3.15. The molecule has 7 nitrogen and oxygen atoms in total. The van der Waals surface area contributed by atoms with E-state index in [2.05, 4.69) is 36.7 Å². The van der Waals surface area contributed by atoms with Crippen LogP contribution in [0.25, 0.3) is 11.4 Å². The van der Waals surface area contributed by atoms with Gasteiger partial charge in [-0.1, -0.05) is 44.8 Å². The number of anilines is 1. The van der Waals surface area contributed by atoms with Gasteiger partial charge in [0.2, 0.25) is 11.7 Å². The molecule has 1 heterocycles. The molecule has 0 atom stereocenters. The Hall–Kier alpha value is -2.49. The van der Waals surface area contributed by atoms with Gasteiger partial charge in [0.25, 0.3) is 0 Å². The van der Waals surface area contributed by atoms with Gasteiger partial charge in [0.15, 0.2) is 5.11 Å². The Labute approximate surface area is 185 Å². The largest absolute Gasteiger partial charge is 0.462 e. The van der Waals surface area contributed by atoms with Crippen molar-refractivity contribution < 1.29 is 14.1 Å². The van der Waals surface area contributed by atoms with Crippen LogP contribution in [0.5, 0.6) is 0 Å². The molecule has 2 aromatic carbocycles. The van der Waals surface area contributed by atoms with Crippen molar-refractivity contribution in [3.05, 3.63) is 63.4 Å². The third-order valence-electron chi connectivity index (χ3n) is 3.67. The summed E-state index contributed by atoms with van der Waals surface area (Å²) in [6.07, 6.45) is 0. The van der Waals surface area contributed by atoms with Crippen LogP contribution < -0.4 is 10.6 Å². The molecule has 0 aliphatic heterocycles. The summed E-state index contributed by atoms with van der Waals surface area (Å²) < 4.78 is 11.2. The molecule has 0 saturated carbocycles. The van der Waals surface area contributed by atoms with Gasteiger partial charge in [-0.2, -0.15) is 4.98 Å². The minimum atomic E-state index is -0.494. The summed E-state index contributed by atoms with van der Waals surface area (Å²) in [4.78, 5) is 16.3. The van der Waals surface area contributed by atoms with E-state index in [1.165, 1.54) is 0 Å².